The second-order valence-corrected chi connectivity index (χ2v) is 7.58. The first-order valence-electron chi connectivity index (χ1n) is 10.0. The van der Waals surface area contributed by atoms with Crippen LogP contribution in [-0.4, -0.2) is 23.3 Å². The highest BCUT2D eigenvalue weighted by molar-refractivity contribution is 5.83. The molecule has 6 heteroatoms. The van der Waals surface area contributed by atoms with Crippen LogP contribution in [0.25, 0.3) is 11.0 Å². The summed E-state index contributed by atoms with van der Waals surface area (Å²) < 4.78 is 10.5. The van der Waals surface area contributed by atoms with Gasteiger partial charge in [0.05, 0.1) is 0 Å². The molecular formula is C24H23NO5. The van der Waals surface area contributed by atoms with Crippen LogP contribution < -0.4 is 10.4 Å². The Morgan fingerprint density at radius 2 is 1.90 bits per heavy atom. The van der Waals surface area contributed by atoms with E-state index in [4.69, 9.17) is 9.15 Å². The summed E-state index contributed by atoms with van der Waals surface area (Å²) in [5.74, 6) is -0.0802. The molecule has 0 aliphatic carbocycles. The Bertz CT molecular complexity index is 1190. The number of carbonyl (C=O) groups excluding carboxylic acids is 2. The van der Waals surface area contributed by atoms with Crippen LogP contribution in [0.3, 0.4) is 0 Å². The van der Waals surface area contributed by atoms with Crippen LogP contribution in [0.15, 0.2) is 51.7 Å². The molecule has 0 saturated heterocycles. The Labute approximate surface area is 174 Å². The quantitative estimate of drug-likeness (QED) is 0.377. The number of esters is 1. The summed E-state index contributed by atoms with van der Waals surface area (Å²) in [4.78, 5) is 38.3. The molecule has 0 spiro atoms. The molecule has 2 aromatic carbocycles. The zero-order chi connectivity index (χ0) is 21.3. The van der Waals surface area contributed by atoms with Gasteiger partial charge in [-0.25, -0.2) is 4.79 Å². The fraction of sp³-hybridized carbons (Fsp3) is 0.292. The lowest BCUT2D eigenvalue weighted by molar-refractivity contribution is -0.132. The lowest BCUT2D eigenvalue weighted by Crippen LogP contribution is -2.36. The third-order valence-corrected chi connectivity index (χ3v) is 5.59. The lowest BCUT2D eigenvalue weighted by atomic mass is 9.98. The van der Waals surface area contributed by atoms with Gasteiger partial charge in [0.15, 0.2) is 0 Å². The van der Waals surface area contributed by atoms with Crippen molar-refractivity contribution in [2.75, 3.05) is 6.54 Å². The van der Waals surface area contributed by atoms with Gasteiger partial charge in [0.2, 0.25) is 5.91 Å². The van der Waals surface area contributed by atoms with Crippen LogP contribution >= 0.6 is 0 Å². The molecule has 1 aliphatic heterocycles. The molecular weight excluding hydrogens is 382 g/mol. The minimum absolute atomic E-state index is 0.0357. The van der Waals surface area contributed by atoms with E-state index in [1.807, 2.05) is 24.0 Å². The molecule has 1 aliphatic rings. The number of benzene rings is 2. The molecule has 0 saturated carbocycles. The van der Waals surface area contributed by atoms with Crippen molar-refractivity contribution in [3.63, 3.8) is 0 Å². The van der Waals surface area contributed by atoms with E-state index >= 15 is 0 Å². The topological polar surface area (TPSA) is 76.8 Å². The maximum Gasteiger partial charge on any atom is 0.339 e. The van der Waals surface area contributed by atoms with Gasteiger partial charge in [-0.1, -0.05) is 24.3 Å². The van der Waals surface area contributed by atoms with Crippen LogP contribution in [0, 0.1) is 6.92 Å². The minimum atomic E-state index is -0.461. The van der Waals surface area contributed by atoms with Crippen molar-refractivity contribution in [2.24, 2.45) is 0 Å². The number of nitrogens with zero attached hydrogens (tertiary/aromatic N) is 1. The largest absolute Gasteiger partial charge is 0.427 e. The second kappa shape index (κ2) is 8.14. The summed E-state index contributed by atoms with van der Waals surface area (Å²) in [7, 11) is 0. The maximum atomic E-state index is 12.8. The molecule has 0 N–H and O–H groups in total. The third-order valence-electron chi connectivity index (χ3n) is 5.59. The first-order chi connectivity index (χ1) is 14.4. The van der Waals surface area contributed by atoms with Crippen molar-refractivity contribution in [1.82, 2.24) is 4.90 Å². The van der Waals surface area contributed by atoms with Gasteiger partial charge >= 0.3 is 11.6 Å². The molecule has 6 nitrogen and oxygen atoms in total. The number of aryl methyl sites for hydroxylation is 1. The first kappa shape index (κ1) is 19.9. The number of ether oxygens (including phenoxy) is 1. The highest BCUT2D eigenvalue weighted by atomic mass is 16.5. The van der Waals surface area contributed by atoms with Crippen molar-refractivity contribution in [3.05, 3.63) is 75.1 Å². The van der Waals surface area contributed by atoms with Gasteiger partial charge in [0, 0.05) is 43.5 Å². The average molecular weight is 405 g/mol. The van der Waals surface area contributed by atoms with Crippen molar-refractivity contribution in [1.29, 1.82) is 0 Å². The van der Waals surface area contributed by atoms with E-state index in [0.717, 1.165) is 17.4 Å². The van der Waals surface area contributed by atoms with E-state index in [0.29, 0.717) is 36.4 Å². The molecule has 0 fully saturated rings. The van der Waals surface area contributed by atoms with Crippen molar-refractivity contribution in [3.8, 4) is 5.75 Å². The van der Waals surface area contributed by atoms with E-state index in [1.165, 1.54) is 24.1 Å². The van der Waals surface area contributed by atoms with Crippen LogP contribution in [0.5, 0.6) is 5.75 Å². The number of hydrogen-bond donors (Lipinski definition) is 0. The number of rotatable bonds is 4. The fourth-order valence-electron chi connectivity index (χ4n) is 3.99. The van der Waals surface area contributed by atoms with Gasteiger partial charge in [0.25, 0.3) is 0 Å². The summed E-state index contributed by atoms with van der Waals surface area (Å²) in [6.45, 7) is 4.47. The summed E-state index contributed by atoms with van der Waals surface area (Å²) in [6, 6.07) is 13.1. The van der Waals surface area contributed by atoms with E-state index in [2.05, 4.69) is 12.1 Å². The Kier molecular flexibility index (Phi) is 5.40. The maximum absolute atomic E-state index is 12.8. The average Bonchev–Trinajstić information content (AvgIpc) is 2.72. The molecule has 30 heavy (non-hydrogen) atoms. The molecule has 1 aromatic heterocycles. The molecule has 0 unspecified atom stereocenters. The molecule has 1 amide bonds. The highest BCUT2D eigenvalue weighted by Crippen LogP contribution is 2.25. The standard InChI is InChI=1S/C24H23NO5/c1-15-20-8-7-19(29-16(2)26)13-22(20)30-24(28)21(15)9-10-23(27)25-12-11-17-5-3-4-6-18(17)14-25/h3-8,13H,9-12,14H2,1-2H3. The highest BCUT2D eigenvalue weighted by Gasteiger charge is 2.21. The number of carbonyl (C=O) groups is 2. The normalized spacial score (nSPS) is 13.2. The smallest absolute Gasteiger partial charge is 0.339 e. The monoisotopic (exact) mass is 405 g/mol. The van der Waals surface area contributed by atoms with E-state index < -0.39 is 11.6 Å². The van der Waals surface area contributed by atoms with Crippen molar-refractivity contribution in [2.45, 2.75) is 39.7 Å². The number of hydrogen-bond acceptors (Lipinski definition) is 5. The van der Waals surface area contributed by atoms with Gasteiger partial charge in [0.1, 0.15) is 11.3 Å². The van der Waals surface area contributed by atoms with E-state index in [9.17, 15) is 14.4 Å². The van der Waals surface area contributed by atoms with E-state index in [-0.39, 0.29) is 12.3 Å². The summed E-state index contributed by atoms with van der Waals surface area (Å²) in [5.41, 5.74) is 3.67. The first-order valence-corrected chi connectivity index (χ1v) is 10.0. The fourth-order valence-corrected chi connectivity index (χ4v) is 3.99. The Morgan fingerprint density at radius 3 is 2.67 bits per heavy atom. The van der Waals surface area contributed by atoms with Gasteiger partial charge in [-0.05, 0) is 48.6 Å². The van der Waals surface area contributed by atoms with Crippen LogP contribution in [0.2, 0.25) is 0 Å². The van der Waals surface area contributed by atoms with E-state index in [1.54, 1.807) is 12.1 Å². The van der Waals surface area contributed by atoms with Gasteiger partial charge < -0.3 is 14.1 Å². The van der Waals surface area contributed by atoms with Gasteiger partial charge in [-0.15, -0.1) is 0 Å². The van der Waals surface area contributed by atoms with Gasteiger partial charge in [-0.2, -0.15) is 0 Å². The zero-order valence-electron chi connectivity index (χ0n) is 17.1. The SMILES string of the molecule is CC(=O)Oc1ccc2c(C)c(CCC(=O)N3CCc4ccccc4C3)c(=O)oc2c1. The molecule has 0 bridgehead atoms. The minimum Gasteiger partial charge on any atom is -0.427 e. The zero-order valence-corrected chi connectivity index (χ0v) is 17.1. The second-order valence-electron chi connectivity index (χ2n) is 7.58. The van der Waals surface area contributed by atoms with Crippen LogP contribution in [0.1, 0.15) is 35.6 Å². The molecule has 0 radical (unpaired) electrons. The third kappa shape index (κ3) is 3.99. The number of fused-ring (bicyclic) bond motifs is 2. The predicted molar refractivity (Wildman–Crippen MR) is 112 cm³/mol. The summed E-state index contributed by atoms with van der Waals surface area (Å²) >= 11 is 0. The molecule has 154 valence electrons. The van der Waals surface area contributed by atoms with Gasteiger partial charge in [-0.3, -0.25) is 9.59 Å². The molecule has 0 atom stereocenters. The van der Waals surface area contributed by atoms with Crippen LogP contribution in [0.4, 0.5) is 0 Å². The molecule has 2 heterocycles. The molecule has 4 rings (SSSR count). The van der Waals surface area contributed by atoms with Crippen LogP contribution in [-0.2, 0) is 29.0 Å². The summed E-state index contributed by atoms with van der Waals surface area (Å²) in [6.07, 6.45) is 1.43. The van der Waals surface area contributed by atoms with Crippen molar-refractivity contribution >= 4 is 22.8 Å². The molecule has 3 aromatic rings. The Morgan fingerprint density at radius 1 is 1.13 bits per heavy atom. The summed E-state index contributed by atoms with van der Waals surface area (Å²) in [5, 5.41) is 0.764. The predicted octanol–water partition coefficient (Wildman–Crippen LogP) is 3.54. The number of amides is 1. The van der Waals surface area contributed by atoms with Crippen molar-refractivity contribution < 1.29 is 18.7 Å². The Hall–Kier alpha value is -3.41. The Balaban J connectivity index is 1.50. The lowest BCUT2D eigenvalue weighted by Gasteiger charge is -2.29.